The summed E-state index contributed by atoms with van der Waals surface area (Å²) in [6.07, 6.45) is 0.866. The van der Waals surface area contributed by atoms with Gasteiger partial charge < -0.3 is 17.2 Å². The summed E-state index contributed by atoms with van der Waals surface area (Å²) in [7, 11) is 0. The lowest BCUT2D eigenvalue weighted by atomic mass is 9.91. The van der Waals surface area contributed by atoms with Crippen molar-refractivity contribution in [3.63, 3.8) is 0 Å². The fourth-order valence-corrected chi connectivity index (χ4v) is 0.531. The minimum Gasteiger partial charge on any atom is -0.329 e. The molecule has 0 rings (SSSR count). The van der Waals surface area contributed by atoms with Crippen molar-refractivity contribution in [3.8, 4) is 0 Å². The van der Waals surface area contributed by atoms with E-state index in [0.29, 0.717) is 6.54 Å². The summed E-state index contributed by atoms with van der Waals surface area (Å²) in [4.78, 5) is 0. The van der Waals surface area contributed by atoms with Crippen LogP contribution < -0.4 is 17.2 Å². The van der Waals surface area contributed by atoms with Crippen molar-refractivity contribution in [2.45, 2.75) is 31.8 Å². The van der Waals surface area contributed by atoms with Crippen molar-refractivity contribution >= 4 is 0 Å². The van der Waals surface area contributed by atoms with Crippen LogP contribution in [0.1, 0.15) is 20.3 Å². The molecule has 0 aromatic heterocycles. The van der Waals surface area contributed by atoms with Gasteiger partial charge in [0.1, 0.15) is 0 Å². The molecule has 0 fully saturated rings. The zero-order valence-electron chi connectivity index (χ0n) is 6.22. The molecule has 0 aliphatic carbocycles. The first kappa shape index (κ1) is 8.88. The largest absolute Gasteiger partial charge is 0.329 e. The Hall–Kier alpha value is -0.120. The molecule has 0 amide bonds. The van der Waals surface area contributed by atoms with Crippen molar-refractivity contribution in [1.29, 1.82) is 0 Å². The molecule has 9 heavy (non-hydrogen) atoms. The Labute approximate surface area is 56.6 Å². The molecule has 0 saturated carbocycles. The third-order valence-corrected chi connectivity index (χ3v) is 1.86. The molecular weight excluding hydrogens is 114 g/mol. The molecular formula is C6H17N3. The second-order valence-electron chi connectivity index (χ2n) is 2.70. The number of nitrogens with two attached hydrogens (primary N) is 3. The monoisotopic (exact) mass is 131 g/mol. The van der Waals surface area contributed by atoms with Gasteiger partial charge in [0.25, 0.3) is 0 Å². The lowest BCUT2D eigenvalue weighted by Gasteiger charge is -2.28. The van der Waals surface area contributed by atoms with Crippen molar-refractivity contribution in [3.05, 3.63) is 0 Å². The van der Waals surface area contributed by atoms with E-state index in [1.807, 2.05) is 13.8 Å². The number of hydrogen-bond acceptors (Lipinski definition) is 3. The number of hydrogen-bond donors (Lipinski definition) is 3. The van der Waals surface area contributed by atoms with Crippen LogP contribution >= 0.6 is 0 Å². The van der Waals surface area contributed by atoms with Crippen LogP contribution in [0.5, 0.6) is 0 Å². The summed E-state index contributed by atoms with van der Waals surface area (Å²) in [6.45, 7) is 4.39. The topological polar surface area (TPSA) is 78.1 Å². The average Bonchev–Trinajstić information content (AvgIpc) is 1.86. The summed E-state index contributed by atoms with van der Waals surface area (Å²) < 4.78 is 0. The van der Waals surface area contributed by atoms with Crippen LogP contribution in [0.25, 0.3) is 0 Å². The third-order valence-electron chi connectivity index (χ3n) is 1.86. The maximum Gasteiger partial charge on any atom is 0.0343 e. The molecule has 0 aromatic carbocycles. The molecule has 2 unspecified atom stereocenters. The standard InChI is InChI=1S/C6H17N3/c1-3-6(2,9)5(8)4-7/h5H,3-4,7-9H2,1-2H3. The molecule has 0 aliphatic heterocycles. The third kappa shape index (κ3) is 2.30. The predicted octanol–water partition coefficient (Wildman–Crippen LogP) is -0.600. The first-order chi connectivity index (χ1) is 4.04. The maximum absolute atomic E-state index is 5.77. The lowest BCUT2D eigenvalue weighted by molar-refractivity contribution is 0.368. The Morgan fingerprint density at radius 1 is 1.56 bits per heavy atom. The van der Waals surface area contributed by atoms with Crippen molar-refractivity contribution < 1.29 is 0 Å². The van der Waals surface area contributed by atoms with Gasteiger partial charge in [0, 0.05) is 18.1 Å². The van der Waals surface area contributed by atoms with Gasteiger partial charge in [0.15, 0.2) is 0 Å². The molecule has 6 N–H and O–H groups in total. The van der Waals surface area contributed by atoms with Crippen LogP contribution in [0.3, 0.4) is 0 Å². The van der Waals surface area contributed by atoms with Gasteiger partial charge in [0.2, 0.25) is 0 Å². The van der Waals surface area contributed by atoms with Gasteiger partial charge in [-0.05, 0) is 13.3 Å². The normalized spacial score (nSPS) is 21.0. The zero-order valence-corrected chi connectivity index (χ0v) is 6.22. The van der Waals surface area contributed by atoms with Gasteiger partial charge in [-0.2, -0.15) is 0 Å². The van der Waals surface area contributed by atoms with Crippen LogP contribution in [0.4, 0.5) is 0 Å². The van der Waals surface area contributed by atoms with Gasteiger partial charge in [-0.1, -0.05) is 6.92 Å². The van der Waals surface area contributed by atoms with Crippen LogP contribution in [0.2, 0.25) is 0 Å². The Morgan fingerprint density at radius 3 is 2.11 bits per heavy atom. The van der Waals surface area contributed by atoms with E-state index in [9.17, 15) is 0 Å². The van der Waals surface area contributed by atoms with Crippen LogP contribution in [0.15, 0.2) is 0 Å². The van der Waals surface area contributed by atoms with Crippen LogP contribution in [-0.2, 0) is 0 Å². The molecule has 3 nitrogen and oxygen atoms in total. The first-order valence-electron chi connectivity index (χ1n) is 3.29. The molecule has 3 heteroatoms. The van der Waals surface area contributed by atoms with Gasteiger partial charge in [-0.25, -0.2) is 0 Å². The molecule has 2 atom stereocenters. The highest BCUT2D eigenvalue weighted by Crippen LogP contribution is 2.06. The van der Waals surface area contributed by atoms with Crippen LogP contribution in [0, 0.1) is 0 Å². The highest BCUT2D eigenvalue weighted by Gasteiger charge is 2.22. The summed E-state index contributed by atoms with van der Waals surface area (Å²) in [5, 5.41) is 0. The predicted molar refractivity (Wildman–Crippen MR) is 39.9 cm³/mol. The number of rotatable bonds is 3. The molecule has 0 radical (unpaired) electrons. The highest BCUT2D eigenvalue weighted by atomic mass is 14.9. The van der Waals surface area contributed by atoms with Crippen molar-refractivity contribution in [2.75, 3.05) is 6.54 Å². The molecule has 0 aliphatic rings. The highest BCUT2D eigenvalue weighted by molar-refractivity contribution is 4.88. The van der Waals surface area contributed by atoms with Gasteiger partial charge in [0.05, 0.1) is 0 Å². The van der Waals surface area contributed by atoms with E-state index in [4.69, 9.17) is 17.2 Å². The van der Waals surface area contributed by atoms with Crippen LogP contribution in [-0.4, -0.2) is 18.1 Å². The molecule has 0 aromatic rings. The van der Waals surface area contributed by atoms with Crippen molar-refractivity contribution in [1.82, 2.24) is 0 Å². The van der Waals surface area contributed by atoms with Gasteiger partial charge in [-0.15, -0.1) is 0 Å². The van der Waals surface area contributed by atoms with Crippen molar-refractivity contribution in [2.24, 2.45) is 17.2 Å². The summed E-state index contributed by atoms with van der Waals surface area (Å²) in [6, 6.07) is -0.0810. The quantitative estimate of drug-likeness (QED) is 0.478. The van der Waals surface area contributed by atoms with E-state index in [1.165, 1.54) is 0 Å². The van der Waals surface area contributed by atoms with Gasteiger partial charge >= 0.3 is 0 Å². The van der Waals surface area contributed by atoms with Gasteiger partial charge in [-0.3, -0.25) is 0 Å². The summed E-state index contributed by atoms with van der Waals surface area (Å²) in [5.74, 6) is 0. The Kier molecular flexibility index (Phi) is 3.11. The second kappa shape index (κ2) is 3.15. The summed E-state index contributed by atoms with van der Waals surface area (Å²) in [5.41, 5.74) is 16.4. The SMILES string of the molecule is CCC(C)(N)C(N)CN. The van der Waals surface area contributed by atoms with E-state index in [1.54, 1.807) is 0 Å². The van der Waals surface area contributed by atoms with E-state index < -0.39 is 0 Å². The zero-order chi connectivity index (χ0) is 7.49. The molecule has 0 spiro atoms. The fraction of sp³-hybridized carbons (Fsp3) is 1.00. The fourth-order valence-electron chi connectivity index (χ4n) is 0.531. The smallest absolute Gasteiger partial charge is 0.0343 e. The lowest BCUT2D eigenvalue weighted by Crippen LogP contribution is -2.55. The Bertz CT molecular complexity index is 80.4. The Morgan fingerprint density at radius 2 is 2.00 bits per heavy atom. The molecule has 0 bridgehead atoms. The van der Waals surface area contributed by atoms with E-state index in [2.05, 4.69) is 0 Å². The molecule has 0 heterocycles. The first-order valence-corrected chi connectivity index (χ1v) is 3.29. The Balaban J connectivity index is 3.80. The average molecular weight is 131 g/mol. The second-order valence-corrected chi connectivity index (χ2v) is 2.70. The molecule has 56 valence electrons. The maximum atomic E-state index is 5.77. The minimum absolute atomic E-state index is 0.0810. The summed E-state index contributed by atoms with van der Waals surface area (Å²) >= 11 is 0. The van der Waals surface area contributed by atoms with E-state index in [0.717, 1.165) is 6.42 Å². The molecule has 0 saturated heterocycles. The minimum atomic E-state index is -0.297. The van der Waals surface area contributed by atoms with E-state index in [-0.39, 0.29) is 11.6 Å². The van der Waals surface area contributed by atoms with E-state index >= 15 is 0 Å².